The summed E-state index contributed by atoms with van der Waals surface area (Å²) >= 11 is 0. The molecule has 3 N–H and O–H groups in total. The minimum atomic E-state index is -0.280. The molecule has 0 aliphatic carbocycles. The molecule has 0 spiro atoms. The van der Waals surface area contributed by atoms with Gasteiger partial charge in [-0.05, 0) is 24.3 Å². The van der Waals surface area contributed by atoms with Gasteiger partial charge in [-0.25, -0.2) is 0 Å². The van der Waals surface area contributed by atoms with Crippen molar-refractivity contribution >= 4 is 22.5 Å². The van der Waals surface area contributed by atoms with Gasteiger partial charge in [-0.2, -0.15) is 0 Å². The molecule has 0 aliphatic heterocycles. The molecule has 4 nitrogen and oxygen atoms in total. The molecule has 0 saturated heterocycles. The first kappa shape index (κ1) is 11.3. The molecule has 19 heavy (non-hydrogen) atoms. The van der Waals surface area contributed by atoms with Crippen LogP contribution in [-0.2, 0) is 0 Å². The molecule has 4 heteroatoms. The Bertz CT molecular complexity index is 713. The third-order valence-corrected chi connectivity index (χ3v) is 2.93. The number of carbonyl (C=O) groups is 1. The number of rotatable bonds is 2. The Balaban J connectivity index is 1.90. The molecule has 0 atom stereocenters. The van der Waals surface area contributed by atoms with Crippen molar-refractivity contribution in [2.24, 2.45) is 0 Å². The predicted molar refractivity (Wildman–Crippen MR) is 74.4 cm³/mol. The van der Waals surface area contributed by atoms with Crippen LogP contribution in [0.3, 0.4) is 0 Å². The van der Waals surface area contributed by atoms with Gasteiger partial charge in [-0.15, -0.1) is 0 Å². The van der Waals surface area contributed by atoms with Gasteiger partial charge in [0.15, 0.2) is 0 Å². The zero-order valence-corrected chi connectivity index (χ0v) is 10.1. The summed E-state index contributed by atoms with van der Waals surface area (Å²) in [6, 6.07) is 16.1. The van der Waals surface area contributed by atoms with Crippen molar-refractivity contribution in [2.75, 3.05) is 5.32 Å². The van der Waals surface area contributed by atoms with E-state index in [1.165, 1.54) is 6.07 Å². The van der Waals surface area contributed by atoms with Gasteiger partial charge in [-0.3, -0.25) is 4.79 Å². The first-order valence-corrected chi connectivity index (χ1v) is 5.91. The van der Waals surface area contributed by atoms with Crippen molar-refractivity contribution in [2.45, 2.75) is 0 Å². The van der Waals surface area contributed by atoms with E-state index in [2.05, 4.69) is 10.3 Å². The monoisotopic (exact) mass is 252 g/mol. The van der Waals surface area contributed by atoms with Crippen LogP contribution in [0.25, 0.3) is 10.9 Å². The fourth-order valence-electron chi connectivity index (χ4n) is 1.96. The van der Waals surface area contributed by atoms with Crippen LogP contribution in [-0.4, -0.2) is 16.0 Å². The molecule has 0 bridgehead atoms. The molecule has 1 amide bonds. The first-order valence-electron chi connectivity index (χ1n) is 5.91. The van der Waals surface area contributed by atoms with Crippen LogP contribution in [0.2, 0.25) is 0 Å². The number of H-pyrrole nitrogens is 1. The molecule has 0 aliphatic rings. The van der Waals surface area contributed by atoms with E-state index in [1.807, 2.05) is 24.3 Å². The normalized spacial score (nSPS) is 10.5. The number of hydrogen-bond acceptors (Lipinski definition) is 2. The number of fused-ring (bicyclic) bond motifs is 1. The van der Waals surface area contributed by atoms with Crippen LogP contribution in [0.1, 0.15) is 10.5 Å². The van der Waals surface area contributed by atoms with E-state index in [9.17, 15) is 9.90 Å². The summed E-state index contributed by atoms with van der Waals surface area (Å²) in [4.78, 5) is 15.1. The number of phenolic OH excluding ortho intramolecular Hbond substituents is 1. The minimum Gasteiger partial charge on any atom is -0.506 e. The summed E-state index contributed by atoms with van der Waals surface area (Å²) < 4.78 is 0. The molecular formula is C15H12N2O2. The number of para-hydroxylation sites is 3. The molecule has 3 aromatic rings. The number of carbonyl (C=O) groups excluding carboxylic acids is 1. The molecule has 0 radical (unpaired) electrons. The van der Waals surface area contributed by atoms with Crippen molar-refractivity contribution in [1.82, 2.24) is 4.98 Å². The highest BCUT2D eigenvalue weighted by molar-refractivity contribution is 6.06. The Morgan fingerprint density at radius 2 is 1.79 bits per heavy atom. The molecule has 2 aromatic carbocycles. The second-order valence-electron chi connectivity index (χ2n) is 4.24. The van der Waals surface area contributed by atoms with E-state index in [-0.39, 0.29) is 11.7 Å². The van der Waals surface area contributed by atoms with Crippen molar-refractivity contribution in [3.8, 4) is 5.75 Å². The minimum absolute atomic E-state index is 0.0481. The number of amides is 1. The zero-order valence-electron chi connectivity index (χ0n) is 10.1. The number of phenols is 1. The van der Waals surface area contributed by atoms with Gasteiger partial charge in [0.2, 0.25) is 0 Å². The molecule has 3 rings (SSSR count). The van der Waals surface area contributed by atoms with E-state index in [0.29, 0.717) is 11.4 Å². The summed E-state index contributed by atoms with van der Waals surface area (Å²) in [5.74, 6) is -0.232. The summed E-state index contributed by atoms with van der Waals surface area (Å²) in [5.41, 5.74) is 1.76. The molecule has 0 saturated carbocycles. The Morgan fingerprint density at radius 1 is 1.05 bits per heavy atom. The second kappa shape index (κ2) is 4.49. The van der Waals surface area contributed by atoms with Gasteiger partial charge in [-0.1, -0.05) is 30.3 Å². The molecular weight excluding hydrogens is 240 g/mol. The first-order chi connectivity index (χ1) is 9.24. The van der Waals surface area contributed by atoms with Crippen molar-refractivity contribution in [3.63, 3.8) is 0 Å². The topological polar surface area (TPSA) is 65.1 Å². The van der Waals surface area contributed by atoms with E-state index >= 15 is 0 Å². The average Bonchev–Trinajstić information content (AvgIpc) is 2.85. The lowest BCUT2D eigenvalue weighted by Crippen LogP contribution is -2.12. The van der Waals surface area contributed by atoms with E-state index in [1.54, 1.807) is 24.3 Å². The number of anilines is 1. The number of benzene rings is 2. The smallest absolute Gasteiger partial charge is 0.272 e. The largest absolute Gasteiger partial charge is 0.506 e. The number of aromatic amines is 1. The highest BCUT2D eigenvalue weighted by atomic mass is 16.3. The SMILES string of the molecule is O=C(Nc1ccccc1O)c1cc2ccccc2[nH]1. The van der Waals surface area contributed by atoms with Crippen molar-refractivity contribution in [3.05, 3.63) is 60.3 Å². The molecule has 1 aromatic heterocycles. The van der Waals surface area contributed by atoms with Crippen LogP contribution < -0.4 is 5.32 Å². The van der Waals surface area contributed by atoms with Gasteiger partial charge < -0.3 is 15.4 Å². The lowest BCUT2D eigenvalue weighted by atomic mass is 10.2. The predicted octanol–water partition coefficient (Wildman–Crippen LogP) is 3.13. The third kappa shape index (κ3) is 2.15. The standard InChI is InChI=1S/C15H12N2O2/c18-14-8-4-3-7-12(14)17-15(19)13-9-10-5-1-2-6-11(10)16-13/h1-9,16,18H,(H,17,19). The fraction of sp³-hybridized carbons (Fsp3) is 0. The number of hydrogen-bond donors (Lipinski definition) is 3. The summed E-state index contributed by atoms with van der Waals surface area (Å²) in [5, 5.41) is 13.3. The van der Waals surface area contributed by atoms with Crippen LogP contribution in [0, 0.1) is 0 Å². The number of nitrogens with one attached hydrogen (secondary N) is 2. The van der Waals surface area contributed by atoms with Gasteiger partial charge >= 0.3 is 0 Å². The van der Waals surface area contributed by atoms with Crippen LogP contribution >= 0.6 is 0 Å². The Kier molecular flexibility index (Phi) is 2.68. The van der Waals surface area contributed by atoms with E-state index in [0.717, 1.165) is 10.9 Å². The van der Waals surface area contributed by atoms with E-state index < -0.39 is 0 Å². The van der Waals surface area contributed by atoms with Gasteiger partial charge in [0.25, 0.3) is 5.91 Å². The Morgan fingerprint density at radius 3 is 2.58 bits per heavy atom. The maximum atomic E-state index is 12.1. The maximum absolute atomic E-state index is 12.1. The quantitative estimate of drug-likeness (QED) is 0.613. The molecule has 0 fully saturated rings. The lowest BCUT2D eigenvalue weighted by Gasteiger charge is -2.05. The van der Waals surface area contributed by atoms with Gasteiger partial charge in [0.05, 0.1) is 5.69 Å². The zero-order chi connectivity index (χ0) is 13.2. The second-order valence-corrected chi connectivity index (χ2v) is 4.24. The van der Waals surface area contributed by atoms with Gasteiger partial charge in [0, 0.05) is 10.9 Å². The molecule has 1 heterocycles. The van der Waals surface area contributed by atoms with Crippen LogP contribution in [0.4, 0.5) is 5.69 Å². The van der Waals surface area contributed by atoms with E-state index in [4.69, 9.17) is 0 Å². The van der Waals surface area contributed by atoms with Gasteiger partial charge in [0.1, 0.15) is 11.4 Å². The van der Waals surface area contributed by atoms with Crippen molar-refractivity contribution < 1.29 is 9.90 Å². The summed E-state index contributed by atoms with van der Waals surface area (Å²) in [6.45, 7) is 0. The molecule has 94 valence electrons. The lowest BCUT2D eigenvalue weighted by molar-refractivity contribution is 0.102. The Hall–Kier alpha value is -2.75. The van der Waals surface area contributed by atoms with Crippen LogP contribution in [0.15, 0.2) is 54.6 Å². The highest BCUT2D eigenvalue weighted by Crippen LogP contribution is 2.22. The van der Waals surface area contributed by atoms with Crippen LogP contribution in [0.5, 0.6) is 5.75 Å². The molecule has 0 unspecified atom stereocenters. The maximum Gasteiger partial charge on any atom is 0.272 e. The Labute approximate surface area is 109 Å². The number of aromatic nitrogens is 1. The summed E-state index contributed by atoms with van der Waals surface area (Å²) in [7, 11) is 0. The van der Waals surface area contributed by atoms with Crippen molar-refractivity contribution in [1.29, 1.82) is 0 Å². The average molecular weight is 252 g/mol. The summed E-state index contributed by atoms with van der Waals surface area (Å²) in [6.07, 6.45) is 0. The fourth-order valence-corrected chi connectivity index (χ4v) is 1.96. The third-order valence-electron chi connectivity index (χ3n) is 2.93. The number of aromatic hydroxyl groups is 1. The highest BCUT2D eigenvalue weighted by Gasteiger charge is 2.11.